The van der Waals surface area contributed by atoms with Gasteiger partial charge >= 0.3 is 0 Å². The molecule has 138 valence electrons. The summed E-state index contributed by atoms with van der Waals surface area (Å²) < 4.78 is 2.01. The van der Waals surface area contributed by atoms with Crippen LogP contribution in [0.2, 0.25) is 0 Å². The summed E-state index contributed by atoms with van der Waals surface area (Å²) in [5, 5.41) is 9.41. The second-order valence-electron chi connectivity index (χ2n) is 6.66. The third kappa shape index (κ3) is 4.36. The first kappa shape index (κ1) is 18.7. The highest BCUT2D eigenvalue weighted by Gasteiger charge is 2.23. The minimum atomic E-state index is 0.163. The standard InChI is InChI=1S/C20H26N4OS/c1-3-14-24-19(16-10-6-4-7-11-16)21-22-20(24)26-15-18(25)23(2)17-12-8-5-9-13-17/h3-4,6-7,10-11,17H,1,5,8-9,12-15H2,2H3. The number of allylic oxidation sites excluding steroid dienone is 1. The third-order valence-corrected chi connectivity index (χ3v) is 5.85. The molecule has 2 aromatic rings. The fourth-order valence-electron chi connectivity index (χ4n) is 3.39. The van der Waals surface area contributed by atoms with Crippen molar-refractivity contribution >= 4 is 17.7 Å². The Morgan fingerprint density at radius 1 is 1.27 bits per heavy atom. The molecular formula is C20H26N4OS. The molecule has 1 amide bonds. The van der Waals surface area contributed by atoms with Crippen LogP contribution in [0.4, 0.5) is 0 Å². The van der Waals surface area contributed by atoms with Gasteiger partial charge in [0.05, 0.1) is 5.75 Å². The molecule has 1 saturated carbocycles. The van der Waals surface area contributed by atoms with Crippen molar-refractivity contribution < 1.29 is 4.79 Å². The maximum atomic E-state index is 12.6. The summed E-state index contributed by atoms with van der Waals surface area (Å²) in [4.78, 5) is 14.5. The van der Waals surface area contributed by atoms with Gasteiger partial charge < -0.3 is 4.90 Å². The van der Waals surface area contributed by atoms with Crippen LogP contribution in [0.3, 0.4) is 0 Å². The highest BCUT2D eigenvalue weighted by Crippen LogP contribution is 2.26. The van der Waals surface area contributed by atoms with Crippen molar-refractivity contribution in [3.05, 3.63) is 43.0 Å². The predicted octanol–water partition coefficient (Wildman–Crippen LogP) is 4.01. The molecule has 1 aromatic heterocycles. The molecule has 1 aliphatic carbocycles. The van der Waals surface area contributed by atoms with Gasteiger partial charge in [-0.05, 0) is 12.8 Å². The molecule has 1 aliphatic rings. The summed E-state index contributed by atoms with van der Waals surface area (Å²) in [7, 11) is 1.93. The van der Waals surface area contributed by atoms with E-state index in [2.05, 4.69) is 16.8 Å². The Kier molecular flexibility index (Phi) is 6.50. The van der Waals surface area contributed by atoms with Crippen LogP contribution >= 0.6 is 11.8 Å². The van der Waals surface area contributed by atoms with Crippen molar-refractivity contribution in [1.82, 2.24) is 19.7 Å². The van der Waals surface area contributed by atoms with Crippen LogP contribution in [0.25, 0.3) is 11.4 Å². The summed E-state index contributed by atoms with van der Waals surface area (Å²) in [5.41, 5.74) is 1.01. The van der Waals surface area contributed by atoms with Gasteiger partial charge in [0.1, 0.15) is 0 Å². The minimum absolute atomic E-state index is 0.163. The van der Waals surface area contributed by atoms with Crippen molar-refractivity contribution in [3.63, 3.8) is 0 Å². The Bertz CT molecular complexity index is 738. The van der Waals surface area contributed by atoms with Gasteiger partial charge in [0, 0.05) is 25.2 Å². The molecule has 0 radical (unpaired) electrons. The molecule has 1 heterocycles. The second-order valence-corrected chi connectivity index (χ2v) is 7.60. The molecule has 0 aliphatic heterocycles. The maximum Gasteiger partial charge on any atom is 0.233 e. The average Bonchev–Trinajstić information content (AvgIpc) is 3.10. The maximum absolute atomic E-state index is 12.6. The Balaban J connectivity index is 1.68. The van der Waals surface area contributed by atoms with E-state index in [1.165, 1.54) is 31.0 Å². The Labute approximate surface area is 159 Å². The van der Waals surface area contributed by atoms with Gasteiger partial charge in [-0.25, -0.2) is 0 Å². The molecular weight excluding hydrogens is 344 g/mol. The topological polar surface area (TPSA) is 51.0 Å². The number of benzene rings is 1. The zero-order chi connectivity index (χ0) is 18.4. The number of nitrogens with zero attached hydrogens (tertiary/aromatic N) is 4. The van der Waals surface area contributed by atoms with E-state index in [1.807, 2.05) is 52.9 Å². The van der Waals surface area contributed by atoms with Gasteiger partial charge in [0.2, 0.25) is 5.91 Å². The number of thioether (sulfide) groups is 1. The second kappa shape index (κ2) is 9.03. The van der Waals surface area contributed by atoms with Gasteiger partial charge in [-0.3, -0.25) is 9.36 Å². The predicted molar refractivity (Wildman–Crippen MR) is 106 cm³/mol. The lowest BCUT2D eigenvalue weighted by atomic mass is 9.94. The molecule has 1 fully saturated rings. The van der Waals surface area contributed by atoms with Crippen LogP contribution in [-0.4, -0.2) is 44.4 Å². The van der Waals surface area contributed by atoms with Crippen LogP contribution in [0.5, 0.6) is 0 Å². The highest BCUT2D eigenvalue weighted by molar-refractivity contribution is 7.99. The van der Waals surface area contributed by atoms with Crippen LogP contribution in [-0.2, 0) is 11.3 Å². The van der Waals surface area contributed by atoms with E-state index in [0.29, 0.717) is 18.3 Å². The quantitative estimate of drug-likeness (QED) is 0.546. The monoisotopic (exact) mass is 370 g/mol. The van der Waals surface area contributed by atoms with Crippen molar-refractivity contribution in [1.29, 1.82) is 0 Å². The van der Waals surface area contributed by atoms with Gasteiger partial charge in [-0.2, -0.15) is 0 Å². The number of aromatic nitrogens is 3. The fourth-order valence-corrected chi connectivity index (χ4v) is 4.26. The summed E-state index contributed by atoms with van der Waals surface area (Å²) in [6, 6.07) is 10.4. The van der Waals surface area contributed by atoms with Crippen LogP contribution in [0.15, 0.2) is 48.1 Å². The lowest BCUT2D eigenvalue weighted by molar-refractivity contribution is -0.129. The minimum Gasteiger partial charge on any atom is -0.342 e. The number of carbonyl (C=O) groups excluding carboxylic acids is 1. The zero-order valence-corrected chi connectivity index (χ0v) is 16.1. The van der Waals surface area contributed by atoms with Crippen molar-refractivity contribution in [2.45, 2.75) is 49.8 Å². The molecule has 3 rings (SSSR count). The molecule has 0 N–H and O–H groups in total. The van der Waals surface area contributed by atoms with Crippen molar-refractivity contribution in [2.75, 3.05) is 12.8 Å². The van der Waals surface area contributed by atoms with Crippen LogP contribution < -0.4 is 0 Å². The van der Waals surface area contributed by atoms with Gasteiger partial charge in [0.25, 0.3) is 0 Å². The van der Waals surface area contributed by atoms with Gasteiger partial charge in [0.15, 0.2) is 11.0 Å². The third-order valence-electron chi connectivity index (χ3n) is 4.90. The molecule has 26 heavy (non-hydrogen) atoms. The van der Waals surface area contributed by atoms with E-state index in [0.717, 1.165) is 29.4 Å². The van der Waals surface area contributed by atoms with Crippen molar-refractivity contribution in [2.24, 2.45) is 0 Å². The Hall–Kier alpha value is -2.08. The van der Waals surface area contributed by atoms with E-state index in [9.17, 15) is 4.79 Å². The van der Waals surface area contributed by atoms with Crippen LogP contribution in [0, 0.1) is 0 Å². The zero-order valence-electron chi connectivity index (χ0n) is 15.3. The molecule has 0 saturated heterocycles. The largest absolute Gasteiger partial charge is 0.342 e. The molecule has 6 heteroatoms. The molecule has 0 atom stereocenters. The molecule has 5 nitrogen and oxygen atoms in total. The fraction of sp³-hybridized carbons (Fsp3) is 0.450. The number of carbonyl (C=O) groups is 1. The number of amides is 1. The van der Waals surface area contributed by atoms with Gasteiger partial charge in [-0.1, -0.05) is 67.4 Å². The normalized spacial score (nSPS) is 15.0. The van der Waals surface area contributed by atoms with E-state index in [-0.39, 0.29) is 5.91 Å². The molecule has 1 aromatic carbocycles. The van der Waals surface area contributed by atoms with E-state index >= 15 is 0 Å². The van der Waals surface area contributed by atoms with E-state index in [1.54, 1.807) is 0 Å². The molecule has 0 unspecified atom stereocenters. The van der Waals surface area contributed by atoms with E-state index in [4.69, 9.17) is 0 Å². The Morgan fingerprint density at radius 3 is 2.69 bits per heavy atom. The van der Waals surface area contributed by atoms with Crippen LogP contribution in [0.1, 0.15) is 32.1 Å². The SMILES string of the molecule is C=CCn1c(SCC(=O)N(C)C2CCCCC2)nnc1-c1ccccc1. The van der Waals surface area contributed by atoms with Crippen molar-refractivity contribution in [3.8, 4) is 11.4 Å². The summed E-state index contributed by atoms with van der Waals surface area (Å²) in [6.45, 7) is 4.45. The summed E-state index contributed by atoms with van der Waals surface area (Å²) in [5.74, 6) is 1.36. The first-order chi connectivity index (χ1) is 12.7. The molecule has 0 bridgehead atoms. The molecule has 0 spiro atoms. The van der Waals surface area contributed by atoms with E-state index < -0.39 is 0 Å². The summed E-state index contributed by atoms with van der Waals surface area (Å²) >= 11 is 1.45. The smallest absolute Gasteiger partial charge is 0.233 e. The summed E-state index contributed by atoms with van der Waals surface area (Å²) in [6.07, 6.45) is 7.82. The first-order valence-corrected chi connectivity index (χ1v) is 10.2. The average molecular weight is 371 g/mol. The number of hydrogen-bond acceptors (Lipinski definition) is 4. The number of hydrogen-bond donors (Lipinski definition) is 0. The highest BCUT2D eigenvalue weighted by atomic mass is 32.2. The first-order valence-electron chi connectivity index (χ1n) is 9.18. The van der Waals surface area contributed by atoms with Gasteiger partial charge in [-0.15, -0.1) is 16.8 Å². The Morgan fingerprint density at radius 2 is 2.00 bits per heavy atom. The number of rotatable bonds is 7. The lowest BCUT2D eigenvalue weighted by Gasteiger charge is -2.31. The lowest BCUT2D eigenvalue weighted by Crippen LogP contribution is -2.39.